The van der Waals surface area contributed by atoms with E-state index < -0.39 is 28.1 Å². The highest BCUT2D eigenvalue weighted by molar-refractivity contribution is 9.10. The van der Waals surface area contributed by atoms with E-state index in [1.165, 1.54) is 18.2 Å². The van der Waals surface area contributed by atoms with E-state index in [0.29, 0.717) is 42.7 Å². The standard InChI is InChI=1S/C18H16F2N2O2.C6H2BrF2NO2/c1-2-24-8-7-22-16-10-13(12-3-5-14(19)6-4-12)9-15(20)18(16)21-17(22)11-23;7-3-1-4(8)6(10(11)12)5(9)2-3/h3-6,9-11H,2,7-8H2,1H3;1-2H. The Hall–Kier alpha value is -3.64. The third kappa shape index (κ3) is 6.13. The summed E-state index contributed by atoms with van der Waals surface area (Å²) in [5.74, 6) is -3.10. The van der Waals surface area contributed by atoms with E-state index in [1.807, 2.05) is 6.92 Å². The number of nitro benzene ring substituents is 1. The minimum Gasteiger partial charge on any atom is -0.380 e. The van der Waals surface area contributed by atoms with Gasteiger partial charge in [0, 0.05) is 17.6 Å². The Kier molecular flexibility index (Phi) is 8.88. The van der Waals surface area contributed by atoms with Gasteiger partial charge in [-0.1, -0.05) is 28.1 Å². The van der Waals surface area contributed by atoms with Crippen molar-refractivity contribution in [2.75, 3.05) is 13.2 Å². The van der Waals surface area contributed by atoms with Crippen LogP contribution < -0.4 is 0 Å². The normalized spacial score (nSPS) is 10.7. The van der Waals surface area contributed by atoms with Gasteiger partial charge in [0.15, 0.2) is 17.9 Å². The Balaban J connectivity index is 0.000000253. The molecule has 0 saturated heterocycles. The molecule has 0 fully saturated rings. The predicted octanol–water partition coefficient (Wildman–Crippen LogP) is 6.47. The number of carbonyl (C=O) groups excluding carboxylic acids is 1. The van der Waals surface area contributed by atoms with Crippen LogP contribution in [0.2, 0.25) is 0 Å². The number of carbonyl (C=O) groups is 1. The fourth-order valence-electron chi connectivity index (χ4n) is 3.34. The largest absolute Gasteiger partial charge is 0.380 e. The monoisotopic (exact) mass is 567 g/mol. The van der Waals surface area contributed by atoms with Crippen LogP contribution in [0.1, 0.15) is 17.5 Å². The predicted molar refractivity (Wildman–Crippen MR) is 128 cm³/mol. The van der Waals surface area contributed by atoms with Crippen molar-refractivity contribution in [2.24, 2.45) is 0 Å². The fourth-order valence-corrected chi connectivity index (χ4v) is 3.74. The zero-order valence-corrected chi connectivity index (χ0v) is 20.3. The fraction of sp³-hybridized carbons (Fsp3) is 0.167. The lowest BCUT2D eigenvalue weighted by Crippen LogP contribution is -2.09. The Morgan fingerprint density at radius 1 is 1.03 bits per heavy atom. The van der Waals surface area contributed by atoms with E-state index in [2.05, 4.69) is 20.9 Å². The molecule has 0 spiro atoms. The zero-order chi connectivity index (χ0) is 26.4. The number of rotatable bonds is 7. The van der Waals surface area contributed by atoms with Gasteiger partial charge in [-0.05, 0) is 54.4 Å². The molecule has 12 heteroatoms. The summed E-state index contributed by atoms with van der Waals surface area (Å²) in [6.07, 6.45) is 0.600. The van der Waals surface area contributed by atoms with Crippen LogP contribution in [0.15, 0.2) is 53.0 Å². The molecule has 3 aromatic carbocycles. The minimum absolute atomic E-state index is 0.128. The molecule has 7 nitrogen and oxygen atoms in total. The van der Waals surface area contributed by atoms with Gasteiger partial charge in [0.05, 0.1) is 17.0 Å². The first-order valence-corrected chi connectivity index (χ1v) is 11.2. The van der Waals surface area contributed by atoms with E-state index in [9.17, 15) is 32.5 Å². The number of ether oxygens (including phenoxy) is 1. The summed E-state index contributed by atoms with van der Waals surface area (Å²) >= 11 is 2.79. The molecule has 1 aromatic heterocycles. The lowest BCUT2D eigenvalue weighted by Gasteiger charge is -2.08. The van der Waals surface area contributed by atoms with Crippen LogP contribution in [0.25, 0.3) is 22.2 Å². The number of benzene rings is 3. The number of nitro groups is 1. The summed E-state index contributed by atoms with van der Waals surface area (Å²) < 4.78 is 59.9. The molecule has 0 aliphatic rings. The second-order valence-electron chi connectivity index (χ2n) is 7.24. The van der Waals surface area contributed by atoms with E-state index >= 15 is 0 Å². The van der Waals surface area contributed by atoms with Crippen LogP contribution in [-0.2, 0) is 11.3 Å². The van der Waals surface area contributed by atoms with Crippen molar-refractivity contribution in [3.8, 4) is 11.1 Å². The van der Waals surface area contributed by atoms with Gasteiger partial charge >= 0.3 is 5.69 Å². The first-order chi connectivity index (χ1) is 17.2. The highest BCUT2D eigenvalue weighted by Crippen LogP contribution is 2.28. The van der Waals surface area contributed by atoms with Crippen molar-refractivity contribution in [1.82, 2.24) is 9.55 Å². The van der Waals surface area contributed by atoms with Crippen LogP contribution in [0.3, 0.4) is 0 Å². The minimum atomic E-state index is -1.19. The second-order valence-corrected chi connectivity index (χ2v) is 8.16. The summed E-state index contributed by atoms with van der Waals surface area (Å²) in [6, 6.07) is 10.6. The van der Waals surface area contributed by atoms with Crippen molar-refractivity contribution >= 4 is 38.9 Å². The Bertz CT molecular complexity index is 1390. The van der Waals surface area contributed by atoms with E-state index in [1.54, 1.807) is 22.8 Å². The maximum atomic E-state index is 14.4. The summed E-state index contributed by atoms with van der Waals surface area (Å²) in [4.78, 5) is 24.3. The lowest BCUT2D eigenvalue weighted by atomic mass is 10.0. The first-order valence-electron chi connectivity index (χ1n) is 10.4. The molecule has 1 heterocycles. The van der Waals surface area contributed by atoms with Gasteiger partial charge in [0.1, 0.15) is 11.3 Å². The molecule has 4 rings (SSSR count). The number of aldehydes is 1. The van der Waals surface area contributed by atoms with Gasteiger partial charge in [-0.15, -0.1) is 0 Å². The van der Waals surface area contributed by atoms with Crippen molar-refractivity contribution in [1.29, 1.82) is 0 Å². The average molecular weight is 568 g/mol. The van der Waals surface area contributed by atoms with Crippen molar-refractivity contribution in [2.45, 2.75) is 13.5 Å². The first kappa shape index (κ1) is 27.0. The third-order valence-corrected chi connectivity index (χ3v) is 5.41. The summed E-state index contributed by atoms with van der Waals surface area (Å²) in [6.45, 7) is 3.22. The number of halogens is 5. The molecule has 0 aliphatic carbocycles. The van der Waals surface area contributed by atoms with Gasteiger partial charge in [-0.2, -0.15) is 8.78 Å². The highest BCUT2D eigenvalue weighted by Gasteiger charge is 2.21. The number of fused-ring (bicyclic) bond motifs is 1. The van der Waals surface area contributed by atoms with Gasteiger partial charge in [-0.25, -0.2) is 13.8 Å². The van der Waals surface area contributed by atoms with E-state index in [0.717, 1.165) is 12.1 Å². The molecule has 36 heavy (non-hydrogen) atoms. The number of hydrogen-bond donors (Lipinski definition) is 0. The smallest absolute Gasteiger partial charge is 0.340 e. The highest BCUT2D eigenvalue weighted by atomic mass is 79.9. The van der Waals surface area contributed by atoms with Gasteiger partial charge in [0.25, 0.3) is 0 Å². The molecule has 0 radical (unpaired) electrons. The quantitative estimate of drug-likeness (QED) is 0.0839. The third-order valence-electron chi connectivity index (χ3n) is 4.95. The number of imidazole rings is 1. The molecule has 0 atom stereocenters. The molecular formula is C24H18BrF4N3O4. The molecule has 0 amide bonds. The van der Waals surface area contributed by atoms with Gasteiger partial charge in [-0.3, -0.25) is 14.9 Å². The van der Waals surface area contributed by atoms with Crippen molar-refractivity contribution in [3.63, 3.8) is 0 Å². The summed E-state index contributed by atoms with van der Waals surface area (Å²) in [7, 11) is 0. The molecule has 0 saturated carbocycles. The van der Waals surface area contributed by atoms with E-state index in [-0.39, 0.29) is 21.6 Å². The van der Waals surface area contributed by atoms with Crippen molar-refractivity contribution < 1.29 is 32.0 Å². The van der Waals surface area contributed by atoms with Crippen LogP contribution in [-0.4, -0.2) is 34.0 Å². The second kappa shape index (κ2) is 11.9. The Morgan fingerprint density at radius 3 is 2.22 bits per heavy atom. The number of hydrogen-bond acceptors (Lipinski definition) is 5. The molecule has 0 N–H and O–H groups in total. The Labute approximate surface area is 210 Å². The molecule has 4 aromatic rings. The maximum absolute atomic E-state index is 14.4. The van der Waals surface area contributed by atoms with Crippen LogP contribution in [0, 0.1) is 33.4 Å². The van der Waals surface area contributed by atoms with Gasteiger partial charge in [0.2, 0.25) is 11.6 Å². The van der Waals surface area contributed by atoms with Crippen LogP contribution >= 0.6 is 15.9 Å². The maximum Gasteiger partial charge on any atom is 0.340 e. The van der Waals surface area contributed by atoms with E-state index in [4.69, 9.17) is 4.74 Å². The van der Waals surface area contributed by atoms with Crippen molar-refractivity contribution in [3.05, 3.63) is 92.2 Å². The van der Waals surface area contributed by atoms with Crippen LogP contribution in [0.5, 0.6) is 0 Å². The summed E-state index contributed by atoms with van der Waals surface area (Å²) in [5.41, 5.74) is 0.797. The average Bonchev–Trinajstić information content (AvgIpc) is 3.17. The molecule has 0 unspecified atom stereocenters. The topological polar surface area (TPSA) is 87.3 Å². The number of aromatic nitrogens is 2. The Morgan fingerprint density at radius 2 is 1.67 bits per heavy atom. The number of nitrogens with zero attached hydrogens (tertiary/aromatic N) is 3. The SMILES string of the molecule is CCOCCn1c(C=O)nc2c(F)cc(-c3ccc(F)cc3)cc21.O=[N+]([O-])c1c(F)cc(Br)cc1F. The van der Waals surface area contributed by atoms with Gasteiger partial charge < -0.3 is 9.30 Å². The molecule has 0 aliphatic heterocycles. The van der Waals surface area contributed by atoms with Crippen LogP contribution in [0.4, 0.5) is 23.2 Å². The summed E-state index contributed by atoms with van der Waals surface area (Å²) in [5, 5.41) is 10.1. The molecule has 188 valence electrons. The lowest BCUT2D eigenvalue weighted by molar-refractivity contribution is -0.390. The zero-order valence-electron chi connectivity index (χ0n) is 18.7. The molecular weight excluding hydrogens is 550 g/mol. The molecule has 0 bridgehead atoms.